The summed E-state index contributed by atoms with van der Waals surface area (Å²) in [6, 6.07) is 7.15. The lowest BCUT2D eigenvalue weighted by Crippen LogP contribution is -2.37. The summed E-state index contributed by atoms with van der Waals surface area (Å²) in [5, 5.41) is 3.90. The first kappa shape index (κ1) is 18.1. The van der Waals surface area contributed by atoms with Gasteiger partial charge in [0.1, 0.15) is 17.9 Å². The third-order valence-corrected chi connectivity index (χ3v) is 4.04. The van der Waals surface area contributed by atoms with E-state index in [2.05, 4.69) is 15.5 Å². The number of benzene rings is 1. The summed E-state index contributed by atoms with van der Waals surface area (Å²) in [6.45, 7) is -0.142. The average Bonchev–Trinajstić information content (AvgIpc) is 3.08. The fourth-order valence-electron chi connectivity index (χ4n) is 2.61. The molecule has 10 heteroatoms. The largest absolute Gasteiger partial charge is 0.497 e. The standard InChI is InChI=1S/C17H18N6O4/c1-21-15-14(16(25)22(2)17(21)26)18-10-23(15)9-13(24)20-19-8-11-4-6-12(27-3)7-5-11/h4-8,10H,9H2,1-3H3,(H,20,24)/b19-8+. The van der Waals surface area contributed by atoms with Crippen LogP contribution in [0, 0.1) is 0 Å². The van der Waals surface area contributed by atoms with Gasteiger partial charge in [-0.25, -0.2) is 15.2 Å². The topological polar surface area (TPSA) is 113 Å². The Morgan fingerprint density at radius 2 is 1.93 bits per heavy atom. The maximum absolute atomic E-state index is 12.1. The van der Waals surface area contributed by atoms with Crippen LogP contribution in [0.5, 0.6) is 5.75 Å². The summed E-state index contributed by atoms with van der Waals surface area (Å²) < 4.78 is 8.74. The molecule has 27 heavy (non-hydrogen) atoms. The fraction of sp³-hybridized carbons (Fsp3) is 0.235. The summed E-state index contributed by atoms with van der Waals surface area (Å²) >= 11 is 0. The molecule has 0 atom stereocenters. The Bertz CT molecular complexity index is 1140. The van der Waals surface area contributed by atoms with E-state index in [4.69, 9.17) is 4.74 Å². The number of nitrogens with zero attached hydrogens (tertiary/aromatic N) is 5. The minimum Gasteiger partial charge on any atom is -0.497 e. The predicted molar refractivity (Wildman–Crippen MR) is 98.9 cm³/mol. The van der Waals surface area contributed by atoms with Crippen LogP contribution in [0.1, 0.15) is 5.56 Å². The Balaban J connectivity index is 1.75. The summed E-state index contributed by atoms with van der Waals surface area (Å²) in [5.41, 5.74) is 2.58. The molecule has 1 aromatic carbocycles. The summed E-state index contributed by atoms with van der Waals surface area (Å²) in [4.78, 5) is 40.3. The Labute approximate surface area is 153 Å². The van der Waals surface area contributed by atoms with E-state index >= 15 is 0 Å². The van der Waals surface area contributed by atoms with E-state index in [0.29, 0.717) is 0 Å². The van der Waals surface area contributed by atoms with Crippen LogP contribution >= 0.6 is 0 Å². The number of carbonyl (C=O) groups is 1. The number of methoxy groups -OCH3 is 1. The Hall–Kier alpha value is -3.69. The van der Waals surface area contributed by atoms with E-state index in [1.165, 1.54) is 35.8 Å². The van der Waals surface area contributed by atoms with Gasteiger partial charge in [-0.2, -0.15) is 5.10 Å². The van der Waals surface area contributed by atoms with Gasteiger partial charge >= 0.3 is 5.69 Å². The van der Waals surface area contributed by atoms with Crippen LogP contribution in [0.15, 0.2) is 45.3 Å². The van der Waals surface area contributed by atoms with Gasteiger partial charge < -0.3 is 9.30 Å². The molecule has 1 N–H and O–H groups in total. The summed E-state index contributed by atoms with van der Waals surface area (Å²) in [7, 11) is 4.47. The molecule has 2 heterocycles. The maximum Gasteiger partial charge on any atom is 0.332 e. The van der Waals surface area contributed by atoms with Crippen LogP contribution in [0.25, 0.3) is 11.2 Å². The van der Waals surface area contributed by atoms with E-state index in [9.17, 15) is 14.4 Å². The van der Waals surface area contributed by atoms with Crippen LogP contribution in [-0.2, 0) is 25.4 Å². The summed E-state index contributed by atoms with van der Waals surface area (Å²) in [6.07, 6.45) is 2.84. The monoisotopic (exact) mass is 370 g/mol. The number of rotatable bonds is 5. The minimum atomic E-state index is -0.509. The zero-order chi connectivity index (χ0) is 19.6. The first-order valence-corrected chi connectivity index (χ1v) is 7.99. The number of ether oxygens (including phenoxy) is 1. The maximum atomic E-state index is 12.1. The molecule has 0 aliphatic carbocycles. The van der Waals surface area contributed by atoms with Crippen molar-refractivity contribution >= 4 is 23.3 Å². The molecule has 0 bridgehead atoms. The quantitative estimate of drug-likeness (QED) is 0.485. The van der Waals surface area contributed by atoms with Gasteiger partial charge in [-0.15, -0.1) is 0 Å². The first-order chi connectivity index (χ1) is 12.9. The molecule has 0 unspecified atom stereocenters. The van der Waals surface area contributed by atoms with Crippen LogP contribution in [0.4, 0.5) is 0 Å². The second-order valence-corrected chi connectivity index (χ2v) is 5.82. The molecule has 3 rings (SSSR count). The smallest absolute Gasteiger partial charge is 0.332 e. The van der Waals surface area contributed by atoms with Crippen molar-refractivity contribution in [2.24, 2.45) is 19.2 Å². The lowest BCUT2D eigenvalue weighted by Gasteiger charge is -2.07. The van der Waals surface area contributed by atoms with Crippen molar-refractivity contribution in [3.8, 4) is 5.75 Å². The fourth-order valence-corrected chi connectivity index (χ4v) is 2.61. The molecule has 0 radical (unpaired) electrons. The molecule has 0 spiro atoms. The number of hydrogen-bond donors (Lipinski definition) is 1. The van der Waals surface area contributed by atoms with Crippen molar-refractivity contribution in [2.75, 3.05) is 7.11 Å². The van der Waals surface area contributed by atoms with Crippen molar-refractivity contribution in [1.29, 1.82) is 0 Å². The van der Waals surface area contributed by atoms with Gasteiger partial charge in [0.15, 0.2) is 5.52 Å². The van der Waals surface area contributed by atoms with Crippen LogP contribution in [-0.4, -0.2) is 37.9 Å². The molecule has 10 nitrogen and oxygen atoms in total. The van der Waals surface area contributed by atoms with E-state index in [1.807, 2.05) is 0 Å². The second kappa shape index (κ2) is 7.28. The number of nitrogens with one attached hydrogen (secondary N) is 1. The molecule has 0 aliphatic rings. The van der Waals surface area contributed by atoms with Gasteiger partial charge in [-0.1, -0.05) is 0 Å². The van der Waals surface area contributed by atoms with Crippen molar-refractivity contribution in [2.45, 2.75) is 6.54 Å². The molecule has 0 fully saturated rings. The number of fused-ring (bicyclic) bond motifs is 1. The van der Waals surface area contributed by atoms with Crippen molar-refractivity contribution in [3.63, 3.8) is 0 Å². The number of carbonyl (C=O) groups excluding carboxylic acids is 1. The lowest BCUT2D eigenvalue weighted by atomic mass is 10.2. The Morgan fingerprint density at radius 3 is 2.59 bits per heavy atom. The van der Waals surface area contributed by atoms with Crippen LogP contribution < -0.4 is 21.4 Å². The number of hydrogen-bond acceptors (Lipinski definition) is 6. The van der Waals surface area contributed by atoms with Crippen molar-refractivity contribution < 1.29 is 9.53 Å². The van der Waals surface area contributed by atoms with E-state index in [0.717, 1.165) is 15.9 Å². The van der Waals surface area contributed by atoms with E-state index < -0.39 is 17.2 Å². The van der Waals surface area contributed by atoms with Gasteiger partial charge in [-0.05, 0) is 29.8 Å². The lowest BCUT2D eigenvalue weighted by molar-refractivity contribution is -0.121. The molecule has 2 aromatic heterocycles. The summed E-state index contributed by atoms with van der Waals surface area (Å²) in [5.74, 6) is 0.298. The van der Waals surface area contributed by atoms with Gasteiger partial charge in [0.05, 0.1) is 19.7 Å². The molecule has 0 saturated carbocycles. The highest BCUT2D eigenvalue weighted by Gasteiger charge is 2.15. The van der Waals surface area contributed by atoms with E-state index in [-0.39, 0.29) is 17.7 Å². The molecule has 140 valence electrons. The Morgan fingerprint density at radius 1 is 1.22 bits per heavy atom. The van der Waals surface area contributed by atoms with E-state index in [1.54, 1.807) is 31.4 Å². The van der Waals surface area contributed by atoms with Gasteiger partial charge in [-0.3, -0.25) is 18.7 Å². The normalized spacial score (nSPS) is 11.2. The van der Waals surface area contributed by atoms with Crippen molar-refractivity contribution in [1.82, 2.24) is 24.1 Å². The third-order valence-electron chi connectivity index (χ3n) is 4.04. The number of hydrazone groups is 1. The predicted octanol–water partition coefficient (Wildman–Crippen LogP) is -0.407. The average molecular weight is 370 g/mol. The van der Waals surface area contributed by atoms with Crippen LogP contribution in [0.2, 0.25) is 0 Å². The minimum absolute atomic E-state index is 0.120. The molecular weight excluding hydrogens is 352 g/mol. The number of amides is 1. The van der Waals surface area contributed by atoms with Gasteiger partial charge in [0.2, 0.25) is 0 Å². The second-order valence-electron chi connectivity index (χ2n) is 5.82. The molecule has 3 aromatic rings. The highest BCUT2D eigenvalue weighted by atomic mass is 16.5. The third kappa shape index (κ3) is 3.50. The zero-order valence-corrected chi connectivity index (χ0v) is 15.0. The highest BCUT2D eigenvalue weighted by Crippen LogP contribution is 2.09. The number of imidazole rings is 1. The Kier molecular flexibility index (Phi) is 4.88. The van der Waals surface area contributed by atoms with Gasteiger partial charge in [0, 0.05) is 14.1 Å². The molecular formula is C17H18N6O4. The number of aromatic nitrogens is 4. The highest BCUT2D eigenvalue weighted by molar-refractivity contribution is 5.83. The molecule has 0 aliphatic heterocycles. The molecule has 0 saturated heterocycles. The van der Waals surface area contributed by atoms with Crippen molar-refractivity contribution in [3.05, 3.63) is 57.0 Å². The molecule has 1 amide bonds. The SMILES string of the molecule is COc1ccc(/C=N/NC(=O)Cn2cnc3c(=O)n(C)c(=O)n(C)c32)cc1. The zero-order valence-electron chi connectivity index (χ0n) is 15.0. The van der Waals surface area contributed by atoms with Gasteiger partial charge in [0.25, 0.3) is 11.5 Å². The first-order valence-electron chi connectivity index (χ1n) is 7.99. The van der Waals surface area contributed by atoms with Crippen LogP contribution in [0.3, 0.4) is 0 Å². The number of aryl methyl sites for hydroxylation is 1.